The highest BCUT2D eigenvalue weighted by Crippen LogP contribution is 2.51. The summed E-state index contributed by atoms with van der Waals surface area (Å²) in [5.41, 5.74) is 7.56. The van der Waals surface area contributed by atoms with Crippen LogP contribution in [0.3, 0.4) is 0 Å². The summed E-state index contributed by atoms with van der Waals surface area (Å²) < 4.78 is 0. The van der Waals surface area contributed by atoms with Crippen molar-refractivity contribution in [3.8, 4) is 6.07 Å². The summed E-state index contributed by atoms with van der Waals surface area (Å²) >= 11 is 9.77. The summed E-state index contributed by atoms with van der Waals surface area (Å²) in [7, 11) is 0. The molecular formula is C14H17N5O4S2. The van der Waals surface area contributed by atoms with Crippen molar-refractivity contribution in [1.82, 2.24) is 0 Å². The molecule has 1 rings (SSSR count). The topological polar surface area (TPSA) is 162 Å². The van der Waals surface area contributed by atoms with E-state index < -0.39 is 43.1 Å². The molecule has 11 heteroatoms. The lowest BCUT2D eigenvalue weighted by molar-refractivity contribution is -0.447. The maximum atomic E-state index is 11.7. The molecule has 0 heterocycles. The molecule has 0 aromatic carbocycles. The quantitative estimate of drug-likeness (QED) is 0.395. The minimum atomic E-state index is -1.63. The van der Waals surface area contributed by atoms with Crippen LogP contribution in [0.15, 0.2) is 22.5 Å². The zero-order valence-corrected chi connectivity index (χ0v) is 15.4. The van der Waals surface area contributed by atoms with Crippen LogP contribution < -0.4 is 11.5 Å². The molecule has 0 saturated carbocycles. The molecule has 0 bridgehead atoms. The van der Waals surface area contributed by atoms with Crippen LogP contribution in [0.5, 0.6) is 0 Å². The molecule has 9 nitrogen and oxygen atoms in total. The molecule has 25 heavy (non-hydrogen) atoms. The molecule has 0 saturated heterocycles. The summed E-state index contributed by atoms with van der Waals surface area (Å²) in [6.45, 7) is 5.00. The Labute approximate surface area is 154 Å². The predicted molar refractivity (Wildman–Crippen MR) is 98.3 cm³/mol. The predicted octanol–water partition coefficient (Wildman–Crippen LogP) is 1.83. The van der Waals surface area contributed by atoms with Gasteiger partial charge in [-0.05, 0) is 12.3 Å². The fourth-order valence-electron chi connectivity index (χ4n) is 3.26. The van der Waals surface area contributed by atoms with Gasteiger partial charge in [0.25, 0.3) is 11.4 Å². The smallest absolute Gasteiger partial charge is 0.293 e. The maximum absolute atomic E-state index is 11.7. The Morgan fingerprint density at radius 3 is 2.08 bits per heavy atom. The number of hydrogen-bond acceptors (Lipinski definition) is 7. The maximum Gasteiger partial charge on any atom is 0.293 e. The summed E-state index contributed by atoms with van der Waals surface area (Å²) in [6.07, 6.45) is 0.0939. The first-order valence-corrected chi connectivity index (χ1v) is 8.02. The molecule has 0 spiro atoms. The summed E-state index contributed by atoms with van der Waals surface area (Å²) in [4.78, 5) is 20.8. The van der Waals surface area contributed by atoms with Gasteiger partial charge in [0.05, 0.1) is 27.4 Å². The van der Waals surface area contributed by atoms with Crippen LogP contribution in [0.4, 0.5) is 0 Å². The number of allylic oxidation sites excluding steroid dienone is 1. The van der Waals surface area contributed by atoms with Crippen LogP contribution >= 0.6 is 24.4 Å². The third-order valence-corrected chi connectivity index (χ3v) is 4.54. The van der Waals surface area contributed by atoms with Crippen molar-refractivity contribution >= 4 is 34.4 Å². The number of nitriles is 1. The van der Waals surface area contributed by atoms with Gasteiger partial charge in [0.2, 0.25) is 0 Å². The second kappa shape index (κ2) is 7.20. The number of nitrogens with two attached hydrogens (primary N) is 2. The first-order valence-electron chi connectivity index (χ1n) is 7.21. The van der Waals surface area contributed by atoms with E-state index in [1.54, 1.807) is 13.8 Å². The lowest BCUT2D eigenvalue weighted by atomic mass is 9.61. The van der Waals surface area contributed by atoms with E-state index in [4.69, 9.17) is 35.9 Å². The second-order valence-corrected chi connectivity index (χ2v) is 7.01. The van der Waals surface area contributed by atoms with E-state index in [-0.39, 0.29) is 22.9 Å². The van der Waals surface area contributed by atoms with Crippen molar-refractivity contribution in [1.29, 1.82) is 5.26 Å². The zero-order valence-electron chi connectivity index (χ0n) is 13.8. The Hall–Kier alpha value is -2.45. The van der Waals surface area contributed by atoms with Crippen molar-refractivity contribution in [3.05, 3.63) is 42.8 Å². The van der Waals surface area contributed by atoms with Crippen LogP contribution in [0.1, 0.15) is 27.2 Å². The van der Waals surface area contributed by atoms with E-state index in [0.29, 0.717) is 0 Å². The molecular weight excluding hydrogens is 366 g/mol. The van der Waals surface area contributed by atoms with Crippen LogP contribution in [0.2, 0.25) is 0 Å². The molecule has 0 aromatic heterocycles. The molecule has 2 unspecified atom stereocenters. The molecule has 1 aliphatic rings. The fraction of sp³-hybridized carbons (Fsp3) is 0.500. The van der Waals surface area contributed by atoms with Crippen LogP contribution in [0.25, 0.3) is 0 Å². The van der Waals surface area contributed by atoms with Crippen LogP contribution in [-0.4, -0.2) is 19.8 Å². The van der Waals surface area contributed by atoms with Crippen molar-refractivity contribution in [2.75, 3.05) is 0 Å². The van der Waals surface area contributed by atoms with E-state index in [2.05, 4.69) is 0 Å². The van der Waals surface area contributed by atoms with Gasteiger partial charge in [-0.1, -0.05) is 45.2 Å². The summed E-state index contributed by atoms with van der Waals surface area (Å²) in [5, 5.41) is 33.2. The minimum Gasteiger partial charge on any atom is -0.389 e. The van der Waals surface area contributed by atoms with E-state index in [1.807, 2.05) is 6.07 Å². The van der Waals surface area contributed by atoms with Gasteiger partial charge in [0.1, 0.15) is 15.4 Å². The zero-order chi connectivity index (χ0) is 19.7. The number of hydrogen-bond donors (Lipinski definition) is 2. The van der Waals surface area contributed by atoms with E-state index in [1.165, 1.54) is 6.92 Å². The highest BCUT2D eigenvalue weighted by molar-refractivity contribution is 7.81. The SMILES string of the molecule is CC(C)CC1(C#N)C(C(N)=S)=C([N+](=O)[O-])C(C(N)=S)=C([N+](=O)[O-])C1C. The van der Waals surface area contributed by atoms with Crippen molar-refractivity contribution in [2.45, 2.75) is 27.2 Å². The third-order valence-electron chi connectivity index (χ3n) is 4.13. The van der Waals surface area contributed by atoms with Crippen molar-refractivity contribution < 1.29 is 9.85 Å². The molecule has 0 aliphatic heterocycles. The Bertz CT molecular complexity index is 781. The number of thiocarbonyl (C=S) groups is 2. The standard InChI is InChI=1S/C14H17N5O4S2/c1-6(2)4-14(5-15)7(3)10(18(20)21)8(12(16)24)11(19(22)23)9(14)13(17)25/h6-7H,4H2,1-3H3,(H2,16,24)(H2,17,25). The Morgan fingerprint density at radius 1 is 1.28 bits per heavy atom. The first-order chi connectivity index (χ1) is 11.4. The van der Waals surface area contributed by atoms with Crippen molar-refractivity contribution in [3.63, 3.8) is 0 Å². The van der Waals surface area contributed by atoms with Crippen molar-refractivity contribution in [2.24, 2.45) is 28.7 Å². The highest BCUT2D eigenvalue weighted by atomic mass is 32.1. The highest BCUT2D eigenvalue weighted by Gasteiger charge is 2.57. The Balaban J connectivity index is 4.16. The lowest BCUT2D eigenvalue weighted by Crippen LogP contribution is -2.45. The molecule has 0 fully saturated rings. The molecule has 134 valence electrons. The molecule has 0 amide bonds. The molecule has 0 aromatic rings. The van der Waals surface area contributed by atoms with Gasteiger partial charge < -0.3 is 11.5 Å². The molecule has 2 atom stereocenters. The molecule has 0 radical (unpaired) electrons. The second-order valence-electron chi connectivity index (χ2n) is 6.13. The largest absolute Gasteiger partial charge is 0.389 e. The average molecular weight is 383 g/mol. The monoisotopic (exact) mass is 383 g/mol. The summed E-state index contributed by atoms with van der Waals surface area (Å²) in [5.74, 6) is -1.16. The number of nitrogens with zero attached hydrogens (tertiary/aromatic N) is 3. The van der Waals surface area contributed by atoms with Gasteiger partial charge in [-0.25, -0.2) is 0 Å². The average Bonchev–Trinajstić information content (AvgIpc) is 2.46. The van der Waals surface area contributed by atoms with E-state index in [0.717, 1.165) is 0 Å². The lowest BCUT2D eigenvalue weighted by Gasteiger charge is -2.37. The van der Waals surface area contributed by atoms with Crippen LogP contribution in [-0.2, 0) is 0 Å². The molecule has 1 aliphatic carbocycles. The van der Waals surface area contributed by atoms with Gasteiger partial charge in [0, 0.05) is 0 Å². The number of nitro groups is 2. The van der Waals surface area contributed by atoms with Gasteiger partial charge in [0.15, 0.2) is 5.57 Å². The van der Waals surface area contributed by atoms with E-state index >= 15 is 0 Å². The van der Waals surface area contributed by atoms with Gasteiger partial charge >= 0.3 is 0 Å². The minimum absolute atomic E-state index is 0.0939. The third kappa shape index (κ3) is 3.35. The van der Waals surface area contributed by atoms with Gasteiger partial charge in [-0.2, -0.15) is 5.26 Å². The van der Waals surface area contributed by atoms with E-state index in [9.17, 15) is 25.5 Å². The summed E-state index contributed by atoms with van der Waals surface area (Å²) in [6, 6.07) is 2.01. The fourth-order valence-corrected chi connectivity index (χ4v) is 3.74. The van der Waals surface area contributed by atoms with Crippen LogP contribution in [0, 0.1) is 48.8 Å². The Morgan fingerprint density at radius 2 is 1.80 bits per heavy atom. The van der Waals surface area contributed by atoms with Gasteiger partial charge in [-0.3, -0.25) is 20.2 Å². The van der Waals surface area contributed by atoms with Gasteiger partial charge in [-0.15, -0.1) is 0 Å². The first kappa shape index (κ1) is 20.6. The Kier molecular flexibility index (Phi) is 5.93. The number of rotatable bonds is 6. The molecule has 4 N–H and O–H groups in total. The normalized spacial score (nSPS) is 23.4.